The van der Waals surface area contributed by atoms with Crippen LogP contribution in [0.1, 0.15) is 39.6 Å². The quantitative estimate of drug-likeness (QED) is 0.209. The molecule has 0 aliphatic heterocycles. The Kier molecular flexibility index (Phi) is 8.52. The maximum atomic E-state index is 12.7. The summed E-state index contributed by atoms with van der Waals surface area (Å²) in [6, 6.07) is 16.9. The molecule has 0 unspecified atom stereocenters. The third kappa shape index (κ3) is 6.52. The number of nitrogens with zero attached hydrogens (tertiary/aromatic N) is 4. The zero-order chi connectivity index (χ0) is 26.4. The molecule has 4 rings (SSSR count). The first-order chi connectivity index (χ1) is 17.9. The largest absolute Gasteiger partial charge is 0.342 e. The van der Waals surface area contributed by atoms with E-state index >= 15 is 0 Å². The van der Waals surface area contributed by atoms with Crippen LogP contribution >= 0.6 is 23.1 Å². The number of allylic oxidation sites excluding steroid dienone is 1. The van der Waals surface area contributed by atoms with Gasteiger partial charge in [-0.1, -0.05) is 65.9 Å². The van der Waals surface area contributed by atoms with Crippen LogP contribution in [0, 0.1) is 13.8 Å². The van der Waals surface area contributed by atoms with Gasteiger partial charge in [0.15, 0.2) is 16.1 Å². The molecule has 2 heterocycles. The van der Waals surface area contributed by atoms with Crippen LogP contribution in [0.5, 0.6) is 0 Å². The summed E-state index contributed by atoms with van der Waals surface area (Å²) in [5.74, 6) is 0.353. The van der Waals surface area contributed by atoms with E-state index in [0.717, 1.165) is 21.7 Å². The molecule has 2 aromatic heterocycles. The smallest absolute Gasteiger partial charge is 0.251 e. The molecule has 0 aliphatic carbocycles. The Hall–Kier alpha value is -3.76. The Morgan fingerprint density at radius 3 is 2.65 bits per heavy atom. The SMILES string of the molecule is C=CCn1c(SCC(=O)Nc2nc(-c3ccccc3)c(C)s2)nnc1[C@H](C)NC(=O)c1cccc(C)c1. The fourth-order valence-electron chi connectivity index (χ4n) is 3.76. The van der Waals surface area contributed by atoms with Gasteiger partial charge in [0.2, 0.25) is 5.91 Å². The second-order valence-corrected chi connectivity index (χ2v) is 10.6. The van der Waals surface area contributed by atoms with E-state index in [4.69, 9.17) is 0 Å². The van der Waals surface area contributed by atoms with Crippen LogP contribution in [0.15, 0.2) is 72.4 Å². The van der Waals surface area contributed by atoms with E-state index in [1.807, 2.05) is 73.9 Å². The van der Waals surface area contributed by atoms with Gasteiger partial charge in [-0.05, 0) is 32.9 Å². The summed E-state index contributed by atoms with van der Waals surface area (Å²) in [5.41, 5.74) is 3.47. The van der Waals surface area contributed by atoms with Gasteiger partial charge in [0.05, 0.1) is 17.5 Å². The van der Waals surface area contributed by atoms with Crippen LogP contribution in [-0.4, -0.2) is 37.3 Å². The third-order valence-electron chi connectivity index (χ3n) is 5.49. The van der Waals surface area contributed by atoms with Crippen molar-refractivity contribution in [3.63, 3.8) is 0 Å². The van der Waals surface area contributed by atoms with Crippen molar-refractivity contribution in [3.8, 4) is 11.3 Å². The highest BCUT2D eigenvalue weighted by Crippen LogP contribution is 2.30. The van der Waals surface area contributed by atoms with Crippen LogP contribution in [-0.2, 0) is 11.3 Å². The number of amides is 2. The van der Waals surface area contributed by atoms with Crippen molar-refractivity contribution in [2.75, 3.05) is 11.1 Å². The van der Waals surface area contributed by atoms with Crippen molar-refractivity contribution in [1.82, 2.24) is 25.1 Å². The molecule has 0 bridgehead atoms. The summed E-state index contributed by atoms with van der Waals surface area (Å²) < 4.78 is 1.85. The molecule has 2 aromatic carbocycles. The standard InChI is InChI=1S/C27H28N6O2S2/c1-5-14-33-24(18(3)28-25(35)21-13-9-10-17(2)15-21)31-32-27(33)36-16-22(34)29-26-30-23(19(4)37-26)20-11-7-6-8-12-20/h5-13,15,18H,1,14,16H2,2-4H3,(H,28,35)(H,29,30,34)/t18-/m0/s1. The number of hydrogen-bond donors (Lipinski definition) is 2. The number of aryl methyl sites for hydroxylation is 2. The Bertz CT molecular complexity index is 1410. The van der Waals surface area contributed by atoms with Crippen molar-refractivity contribution in [2.45, 2.75) is 38.5 Å². The lowest BCUT2D eigenvalue weighted by atomic mass is 10.1. The van der Waals surface area contributed by atoms with Crippen molar-refractivity contribution >= 4 is 40.0 Å². The predicted molar refractivity (Wildman–Crippen MR) is 149 cm³/mol. The van der Waals surface area contributed by atoms with Gasteiger partial charge >= 0.3 is 0 Å². The van der Waals surface area contributed by atoms with E-state index in [1.165, 1.54) is 23.1 Å². The Labute approximate surface area is 224 Å². The fraction of sp³-hybridized carbons (Fsp3) is 0.222. The zero-order valence-corrected chi connectivity index (χ0v) is 22.5. The number of carbonyl (C=O) groups excluding carboxylic acids is 2. The van der Waals surface area contributed by atoms with Gasteiger partial charge in [0.25, 0.3) is 5.91 Å². The summed E-state index contributed by atoms with van der Waals surface area (Å²) in [5, 5.41) is 15.6. The first kappa shape index (κ1) is 26.3. The number of thioether (sulfide) groups is 1. The summed E-state index contributed by atoms with van der Waals surface area (Å²) in [7, 11) is 0. The zero-order valence-electron chi connectivity index (χ0n) is 20.9. The number of benzene rings is 2. The minimum Gasteiger partial charge on any atom is -0.342 e. The van der Waals surface area contributed by atoms with Gasteiger partial charge in [0, 0.05) is 22.5 Å². The monoisotopic (exact) mass is 532 g/mol. The second-order valence-electron chi connectivity index (χ2n) is 8.43. The van der Waals surface area contributed by atoms with E-state index in [9.17, 15) is 9.59 Å². The van der Waals surface area contributed by atoms with E-state index < -0.39 is 6.04 Å². The third-order valence-corrected chi connectivity index (χ3v) is 7.35. The highest BCUT2D eigenvalue weighted by molar-refractivity contribution is 7.99. The molecule has 0 fully saturated rings. The fourth-order valence-corrected chi connectivity index (χ4v) is 5.36. The molecular formula is C27H28N6O2S2. The number of aromatic nitrogens is 4. The lowest BCUT2D eigenvalue weighted by Crippen LogP contribution is -2.28. The highest BCUT2D eigenvalue weighted by Gasteiger charge is 2.21. The lowest BCUT2D eigenvalue weighted by molar-refractivity contribution is -0.113. The van der Waals surface area contributed by atoms with Crippen molar-refractivity contribution < 1.29 is 9.59 Å². The molecule has 1 atom stereocenters. The summed E-state index contributed by atoms with van der Waals surface area (Å²) in [6.07, 6.45) is 1.73. The number of carbonyl (C=O) groups is 2. The van der Waals surface area contributed by atoms with Gasteiger partial charge in [0.1, 0.15) is 0 Å². The Balaban J connectivity index is 1.40. The average Bonchev–Trinajstić information content (AvgIpc) is 3.46. The van der Waals surface area contributed by atoms with Crippen molar-refractivity contribution in [2.24, 2.45) is 0 Å². The van der Waals surface area contributed by atoms with Gasteiger partial charge in [-0.25, -0.2) is 4.98 Å². The van der Waals surface area contributed by atoms with Crippen LogP contribution in [0.2, 0.25) is 0 Å². The molecule has 10 heteroatoms. The van der Waals surface area contributed by atoms with Gasteiger partial charge in [-0.3, -0.25) is 9.59 Å². The number of anilines is 1. The molecule has 0 radical (unpaired) electrons. The second kappa shape index (κ2) is 12.0. The van der Waals surface area contributed by atoms with Crippen LogP contribution in [0.3, 0.4) is 0 Å². The summed E-state index contributed by atoms with van der Waals surface area (Å²) in [6.45, 7) is 10.1. The highest BCUT2D eigenvalue weighted by atomic mass is 32.2. The maximum absolute atomic E-state index is 12.7. The molecule has 2 N–H and O–H groups in total. The molecule has 37 heavy (non-hydrogen) atoms. The Morgan fingerprint density at radius 1 is 1.14 bits per heavy atom. The minimum atomic E-state index is -0.390. The predicted octanol–water partition coefficient (Wildman–Crippen LogP) is 5.43. The number of nitrogens with one attached hydrogen (secondary N) is 2. The van der Waals surface area contributed by atoms with E-state index in [1.54, 1.807) is 12.1 Å². The van der Waals surface area contributed by atoms with Crippen LogP contribution in [0.4, 0.5) is 5.13 Å². The molecule has 8 nitrogen and oxygen atoms in total. The van der Waals surface area contributed by atoms with Crippen molar-refractivity contribution in [3.05, 3.63) is 89.1 Å². The van der Waals surface area contributed by atoms with Gasteiger partial charge in [-0.2, -0.15) is 0 Å². The average molecular weight is 533 g/mol. The van der Waals surface area contributed by atoms with E-state index in [-0.39, 0.29) is 17.6 Å². The number of hydrogen-bond acceptors (Lipinski definition) is 7. The molecule has 190 valence electrons. The lowest BCUT2D eigenvalue weighted by Gasteiger charge is -2.15. The molecule has 0 saturated carbocycles. The molecule has 0 aliphatic rings. The molecular weight excluding hydrogens is 504 g/mol. The van der Waals surface area contributed by atoms with Crippen LogP contribution in [0.25, 0.3) is 11.3 Å². The van der Waals surface area contributed by atoms with Crippen molar-refractivity contribution in [1.29, 1.82) is 0 Å². The van der Waals surface area contributed by atoms with Crippen LogP contribution < -0.4 is 10.6 Å². The first-order valence-electron chi connectivity index (χ1n) is 11.7. The topological polar surface area (TPSA) is 102 Å². The number of rotatable bonds is 10. The van der Waals surface area contributed by atoms with E-state index in [0.29, 0.717) is 28.2 Å². The molecule has 2 amide bonds. The summed E-state index contributed by atoms with van der Waals surface area (Å²) >= 11 is 2.72. The molecule has 0 saturated heterocycles. The minimum absolute atomic E-state index is 0.138. The Morgan fingerprint density at radius 2 is 1.92 bits per heavy atom. The normalized spacial score (nSPS) is 11.6. The first-order valence-corrected chi connectivity index (χ1v) is 13.5. The van der Waals surface area contributed by atoms with Gasteiger partial charge < -0.3 is 15.2 Å². The maximum Gasteiger partial charge on any atom is 0.251 e. The van der Waals surface area contributed by atoms with Gasteiger partial charge in [-0.15, -0.1) is 28.1 Å². The number of thiazole rings is 1. The van der Waals surface area contributed by atoms with E-state index in [2.05, 4.69) is 32.4 Å². The molecule has 4 aromatic rings. The molecule has 0 spiro atoms. The summed E-state index contributed by atoms with van der Waals surface area (Å²) in [4.78, 5) is 31.0.